The van der Waals surface area contributed by atoms with Gasteiger partial charge in [-0.25, -0.2) is 0 Å². The number of hydrogen-bond acceptors (Lipinski definition) is 3. The van der Waals surface area contributed by atoms with Crippen LogP contribution >= 0.6 is 0 Å². The lowest BCUT2D eigenvalue weighted by molar-refractivity contribution is -0.00259. The SMILES string of the molecule is CC1(C)CCC(OCCC(C)(C)C(N)=NO)CC1. The van der Waals surface area contributed by atoms with Gasteiger partial charge in [-0.3, -0.25) is 0 Å². The maximum atomic E-state index is 8.70. The van der Waals surface area contributed by atoms with Crippen LogP contribution in [0.15, 0.2) is 5.16 Å². The van der Waals surface area contributed by atoms with E-state index in [0.717, 1.165) is 19.3 Å². The molecular weight excluding hydrogens is 228 g/mol. The van der Waals surface area contributed by atoms with E-state index in [1.807, 2.05) is 13.8 Å². The Morgan fingerprint density at radius 1 is 1.39 bits per heavy atom. The Bertz CT molecular complexity index is 288. The molecule has 1 saturated carbocycles. The third kappa shape index (κ3) is 4.48. The minimum atomic E-state index is -0.303. The fourth-order valence-electron chi connectivity index (χ4n) is 2.28. The lowest BCUT2D eigenvalue weighted by Gasteiger charge is -2.34. The quantitative estimate of drug-likeness (QED) is 0.344. The van der Waals surface area contributed by atoms with Crippen molar-refractivity contribution < 1.29 is 9.94 Å². The molecule has 0 aliphatic heterocycles. The number of oxime groups is 1. The van der Waals surface area contributed by atoms with Gasteiger partial charge in [0.15, 0.2) is 0 Å². The Hall–Kier alpha value is -0.770. The van der Waals surface area contributed by atoms with Crippen molar-refractivity contribution in [1.82, 2.24) is 0 Å². The Kier molecular flexibility index (Phi) is 5.02. The van der Waals surface area contributed by atoms with Gasteiger partial charge in [-0.2, -0.15) is 0 Å². The van der Waals surface area contributed by atoms with E-state index in [0.29, 0.717) is 18.1 Å². The monoisotopic (exact) mass is 256 g/mol. The van der Waals surface area contributed by atoms with Crippen LogP contribution in [0.1, 0.15) is 59.8 Å². The maximum Gasteiger partial charge on any atom is 0.144 e. The van der Waals surface area contributed by atoms with E-state index in [-0.39, 0.29) is 11.3 Å². The van der Waals surface area contributed by atoms with Gasteiger partial charge in [-0.1, -0.05) is 32.9 Å². The Balaban J connectivity index is 2.27. The molecule has 0 aromatic rings. The number of amidine groups is 1. The van der Waals surface area contributed by atoms with E-state index in [1.54, 1.807) is 0 Å². The summed E-state index contributed by atoms with van der Waals surface area (Å²) >= 11 is 0. The fourth-order valence-corrected chi connectivity index (χ4v) is 2.28. The highest BCUT2D eigenvalue weighted by Crippen LogP contribution is 2.36. The first-order valence-electron chi connectivity index (χ1n) is 6.86. The van der Waals surface area contributed by atoms with Gasteiger partial charge in [0.1, 0.15) is 5.84 Å². The van der Waals surface area contributed by atoms with E-state index in [4.69, 9.17) is 15.7 Å². The van der Waals surface area contributed by atoms with Gasteiger partial charge in [0.25, 0.3) is 0 Å². The minimum absolute atomic E-state index is 0.274. The zero-order valence-electron chi connectivity index (χ0n) is 12.2. The van der Waals surface area contributed by atoms with E-state index in [2.05, 4.69) is 19.0 Å². The van der Waals surface area contributed by atoms with Gasteiger partial charge >= 0.3 is 0 Å². The first-order valence-corrected chi connectivity index (χ1v) is 6.86. The number of ether oxygens (including phenoxy) is 1. The lowest BCUT2D eigenvalue weighted by atomic mass is 9.76. The molecule has 1 fully saturated rings. The van der Waals surface area contributed by atoms with E-state index in [1.165, 1.54) is 12.8 Å². The number of nitrogens with two attached hydrogens (primary N) is 1. The van der Waals surface area contributed by atoms with Crippen LogP contribution in [0.4, 0.5) is 0 Å². The summed E-state index contributed by atoms with van der Waals surface area (Å²) < 4.78 is 5.91. The van der Waals surface area contributed by atoms with Gasteiger partial charge in [0.2, 0.25) is 0 Å². The van der Waals surface area contributed by atoms with Crippen LogP contribution in [0.5, 0.6) is 0 Å². The second-order valence-corrected chi connectivity index (χ2v) is 6.85. The van der Waals surface area contributed by atoms with Crippen LogP contribution in [-0.4, -0.2) is 23.8 Å². The zero-order valence-corrected chi connectivity index (χ0v) is 12.2. The summed E-state index contributed by atoms with van der Waals surface area (Å²) in [4.78, 5) is 0. The summed E-state index contributed by atoms with van der Waals surface area (Å²) in [5.41, 5.74) is 5.83. The van der Waals surface area contributed by atoms with E-state index >= 15 is 0 Å². The molecule has 1 aliphatic rings. The highest BCUT2D eigenvalue weighted by Gasteiger charge is 2.28. The molecule has 4 nitrogen and oxygen atoms in total. The van der Waals surface area contributed by atoms with Crippen LogP contribution in [0.2, 0.25) is 0 Å². The minimum Gasteiger partial charge on any atom is -0.409 e. The lowest BCUT2D eigenvalue weighted by Crippen LogP contribution is -2.34. The van der Waals surface area contributed by atoms with Crippen molar-refractivity contribution in [2.45, 2.75) is 65.9 Å². The summed E-state index contributed by atoms with van der Waals surface area (Å²) in [6.07, 6.45) is 5.94. The van der Waals surface area contributed by atoms with Crippen molar-refractivity contribution in [3.63, 3.8) is 0 Å². The van der Waals surface area contributed by atoms with Crippen molar-refractivity contribution in [2.75, 3.05) is 6.61 Å². The summed E-state index contributed by atoms with van der Waals surface area (Å²) in [6.45, 7) is 9.26. The molecule has 18 heavy (non-hydrogen) atoms. The Morgan fingerprint density at radius 2 is 1.94 bits per heavy atom. The molecule has 3 N–H and O–H groups in total. The predicted molar refractivity (Wildman–Crippen MR) is 73.8 cm³/mol. The van der Waals surface area contributed by atoms with Crippen molar-refractivity contribution in [1.29, 1.82) is 0 Å². The van der Waals surface area contributed by atoms with E-state index in [9.17, 15) is 0 Å². The molecule has 0 radical (unpaired) electrons. The van der Waals surface area contributed by atoms with Crippen LogP contribution in [0, 0.1) is 10.8 Å². The van der Waals surface area contributed by atoms with Gasteiger partial charge < -0.3 is 15.7 Å². The maximum absolute atomic E-state index is 8.70. The fraction of sp³-hybridized carbons (Fsp3) is 0.929. The van der Waals surface area contributed by atoms with Crippen LogP contribution in [0.25, 0.3) is 0 Å². The Morgan fingerprint density at radius 3 is 2.44 bits per heavy atom. The van der Waals surface area contributed by atoms with Crippen LogP contribution in [0.3, 0.4) is 0 Å². The van der Waals surface area contributed by atoms with Crippen molar-refractivity contribution in [2.24, 2.45) is 21.7 Å². The molecule has 0 amide bonds. The smallest absolute Gasteiger partial charge is 0.144 e. The average molecular weight is 256 g/mol. The van der Waals surface area contributed by atoms with E-state index < -0.39 is 0 Å². The van der Waals surface area contributed by atoms with Crippen LogP contribution < -0.4 is 5.73 Å². The molecule has 0 spiro atoms. The molecule has 1 rings (SSSR count). The molecule has 106 valence electrons. The van der Waals surface area contributed by atoms with Gasteiger partial charge in [0.05, 0.1) is 6.10 Å². The summed E-state index contributed by atoms with van der Waals surface area (Å²) in [5.74, 6) is 0.274. The van der Waals surface area contributed by atoms with Crippen molar-refractivity contribution >= 4 is 5.84 Å². The molecule has 0 unspecified atom stereocenters. The molecule has 0 heterocycles. The normalized spacial score (nSPS) is 22.1. The van der Waals surface area contributed by atoms with Gasteiger partial charge in [-0.05, 0) is 37.5 Å². The molecule has 0 saturated heterocycles. The van der Waals surface area contributed by atoms with Crippen LogP contribution in [-0.2, 0) is 4.74 Å². The summed E-state index contributed by atoms with van der Waals surface area (Å²) in [7, 11) is 0. The number of rotatable bonds is 5. The molecule has 0 bridgehead atoms. The van der Waals surface area contributed by atoms with Crippen molar-refractivity contribution in [3.8, 4) is 0 Å². The molecule has 4 heteroatoms. The first kappa shape index (κ1) is 15.3. The number of hydrogen-bond donors (Lipinski definition) is 2. The molecule has 0 atom stereocenters. The second kappa shape index (κ2) is 5.91. The predicted octanol–water partition coefficient (Wildman–Crippen LogP) is 3.13. The highest BCUT2D eigenvalue weighted by molar-refractivity contribution is 5.85. The zero-order chi connectivity index (χ0) is 13.8. The second-order valence-electron chi connectivity index (χ2n) is 6.85. The third-order valence-corrected chi connectivity index (χ3v) is 4.17. The van der Waals surface area contributed by atoms with Gasteiger partial charge in [0, 0.05) is 12.0 Å². The topological polar surface area (TPSA) is 67.8 Å². The summed E-state index contributed by atoms with van der Waals surface area (Å²) in [6, 6.07) is 0. The van der Waals surface area contributed by atoms with Crippen molar-refractivity contribution in [3.05, 3.63) is 0 Å². The largest absolute Gasteiger partial charge is 0.409 e. The summed E-state index contributed by atoms with van der Waals surface area (Å²) in [5, 5.41) is 11.8. The molecule has 0 aromatic carbocycles. The van der Waals surface area contributed by atoms with Gasteiger partial charge in [-0.15, -0.1) is 0 Å². The number of nitrogens with zero attached hydrogens (tertiary/aromatic N) is 1. The molecule has 1 aliphatic carbocycles. The first-order chi connectivity index (χ1) is 8.27. The average Bonchev–Trinajstić information content (AvgIpc) is 2.30. The molecule has 0 aromatic heterocycles. The third-order valence-electron chi connectivity index (χ3n) is 4.17. The highest BCUT2D eigenvalue weighted by atomic mass is 16.5. The standard InChI is InChI=1S/C14H28N2O2/c1-13(2)7-5-11(6-8-13)18-10-9-14(3,4)12(15)16-17/h11,17H,5-10H2,1-4H3,(H2,15,16). The Labute approximate surface area is 111 Å². The molecular formula is C14H28N2O2.